The number of benzene rings is 1. The summed E-state index contributed by atoms with van der Waals surface area (Å²) >= 11 is 0. The van der Waals surface area contributed by atoms with Crippen molar-refractivity contribution in [1.82, 2.24) is 29.0 Å². The van der Waals surface area contributed by atoms with E-state index >= 15 is 0 Å². The molecule has 0 spiro atoms. The summed E-state index contributed by atoms with van der Waals surface area (Å²) in [6.07, 6.45) is 3.81. The highest BCUT2D eigenvalue weighted by Crippen LogP contribution is 2.31. The summed E-state index contributed by atoms with van der Waals surface area (Å²) in [7, 11) is 1.74. The van der Waals surface area contributed by atoms with Crippen molar-refractivity contribution in [3.63, 3.8) is 0 Å². The number of hydrogen-bond donors (Lipinski definition) is 0. The molecule has 198 valence electrons. The summed E-state index contributed by atoms with van der Waals surface area (Å²) in [5.74, 6) is 0. The number of pyridine rings is 3. The van der Waals surface area contributed by atoms with Gasteiger partial charge in [0.1, 0.15) is 11.1 Å². The molecule has 5 heterocycles. The molecule has 1 aliphatic heterocycles. The topological polar surface area (TPSA) is 95.1 Å². The third kappa shape index (κ3) is 4.54. The molecule has 1 amide bonds. The first-order valence-corrected chi connectivity index (χ1v) is 13.1. The predicted molar refractivity (Wildman–Crippen MR) is 150 cm³/mol. The minimum Gasteiger partial charge on any atom is -0.444 e. The van der Waals surface area contributed by atoms with Crippen LogP contribution in [0.1, 0.15) is 33.2 Å². The molecule has 1 fully saturated rings. The number of likely N-dealkylation sites (tertiary alicyclic amines) is 1. The smallest absolute Gasteiger partial charge is 0.410 e. The fourth-order valence-corrected chi connectivity index (χ4v) is 5.16. The average Bonchev–Trinajstić information content (AvgIpc) is 3.51. The van der Waals surface area contributed by atoms with E-state index in [-0.39, 0.29) is 17.8 Å². The Morgan fingerprint density at radius 3 is 2.44 bits per heavy atom. The van der Waals surface area contributed by atoms with Gasteiger partial charge in [-0.05, 0) is 51.5 Å². The Morgan fingerprint density at radius 1 is 0.949 bits per heavy atom. The van der Waals surface area contributed by atoms with Gasteiger partial charge in [-0.25, -0.2) is 14.6 Å². The van der Waals surface area contributed by atoms with Crippen molar-refractivity contribution in [3.05, 3.63) is 77.5 Å². The Labute approximate surface area is 225 Å². The van der Waals surface area contributed by atoms with Gasteiger partial charge >= 0.3 is 11.8 Å². The van der Waals surface area contributed by atoms with Gasteiger partial charge in [-0.2, -0.15) is 0 Å². The fourth-order valence-electron chi connectivity index (χ4n) is 5.16. The van der Waals surface area contributed by atoms with Crippen LogP contribution in [0.15, 0.2) is 71.8 Å². The van der Waals surface area contributed by atoms with Crippen LogP contribution in [0.4, 0.5) is 4.79 Å². The number of nitrogens with zero attached hydrogens (tertiary/aromatic N) is 6. The average molecular weight is 523 g/mol. The lowest BCUT2D eigenvalue weighted by atomic mass is 10.1. The van der Waals surface area contributed by atoms with E-state index in [9.17, 15) is 9.59 Å². The van der Waals surface area contributed by atoms with E-state index in [2.05, 4.69) is 9.97 Å². The number of imidazole rings is 1. The summed E-state index contributed by atoms with van der Waals surface area (Å²) in [5, 5.41) is 0. The lowest BCUT2D eigenvalue weighted by molar-refractivity contribution is 0.0289. The molecule has 1 unspecified atom stereocenters. The summed E-state index contributed by atoms with van der Waals surface area (Å²) in [6, 6.07) is 17.7. The van der Waals surface area contributed by atoms with Gasteiger partial charge in [0.2, 0.25) is 0 Å². The van der Waals surface area contributed by atoms with Gasteiger partial charge in [0.05, 0.1) is 40.2 Å². The number of amides is 1. The number of aromatic nitrogens is 5. The molecule has 6 rings (SSSR count). The Bertz CT molecular complexity index is 1750. The molecule has 0 N–H and O–H groups in total. The van der Waals surface area contributed by atoms with Gasteiger partial charge < -0.3 is 9.64 Å². The lowest BCUT2D eigenvalue weighted by Crippen LogP contribution is -2.36. The van der Waals surface area contributed by atoms with Crippen LogP contribution in [-0.4, -0.2) is 53.8 Å². The largest absolute Gasteiger partial charge is 0.444 e. The lowest BCUT2D eigenvalue weighted by Gasteiger charge is -2.24. The predicted octanol–water partition coefficient (Wildman–Crippen LogP) is 5.19. The van der Waals surface area contributed by atoms with Gasteiger partial charge in [0, 0.05) is 37.5 Å². The third-order valence-corrected chi connectivity index (χ3v) is 7.07. The third-order valence-electron chi connectivity index (χ3n) is 7.07. The number of carbonyl (C=O) groups is 1. The molecule has 1 aliphatic rings. The Morgan fingerprint density at radius 2 is 1.72 bits per heavy atom. The van der Waals surface area contributed by atoms with E-state index in [1.54, 1.807) is 27.3 Å². The first-order valence-electron chi connectivity index (χ1n) is 13.1. The summed E-state index contributed by atoms with van der Waals surface area (Å²) in [5.41, 5.74) is 5.57. The molecule has 39 heavy (non-hydrogen) atoms. The summed E-state index contributed by atoms with van der Waals surface area (Å²) in [4.78, 5) is 42.1. The molecule has 0 bridgehead atoms. The minimum atomic E-state index is -0.582. The second-order valence-electron chi connectivity index (χ2n) is 10.9. The quantitative estimate of drug-likeness (QED) is 0.324. The van der Waals surface area contributed by atoms with Crippen LogP contribution in [0.3, 0.4) is 0 Å². The summed E-state index contributed by atoms with van der Waals surface area (Å²) in [6.45, 7) is 6.45. The zero-order valence-electron chi connectivity index (χ0n) is 22.5. The Balaban J connectivity index is 1.40. The van der Waals surface area contributed by atoms with Gasteiger partial charge in [-0.1, -0.05) is 30.3 Å². The van der Waals surface area contributed by atoms with Crippen molar-refractivity contribution >= 4 is 28.2 Å². The van der Waals surface area contributed by atoms with Crippen LogP contribution in [0, 0.1) is 0 Å². The van der Waals surface area contributed by atoms with E-state index in [4.69, 9.17) is 9.72 Å². The van der Waals surface area contributed by atoms with Crippen molar-refractivity contribution in [2.75, 3.05) is 13.1 Å². The van der Waals surface area contributed by atoms with E-state index in [0.29, 0.717) is 36.1 Å². The van der Waals surface area contributed by atoms with Crippen LogP contribution in [0.25, 0.3) is 44.6 Å². The highest BCUT2D eigenvalue weighted by Gasteiger charge is 2.33. The fraction of sp³-hybridized carbons (Fsp3) is 0.300. The maximum atomic E-state index is 13.5. The standard InChI is InChI=1S/C30H30N6O3/c1-30(2,3)39-29(38)35-15-14-21(18-35)36-27-25(34(4)28(36)37)17-32-24-13-12-23(33-26(24)27)20-10-11-22(31-16-20)19-8-6-5-7-9-19/h5-13,16-17,21H,14-15,18H2,1-4H3. The molecule has 4 aromatic heterocycles. The zero-order valence-corrected chi connectivity index (χ0v) is 22.5. The maximum absolute atomic E-state index is 13.5. The van der Waals surface area contributed by atoms with Gasteiger partial charge in [0.25, 0.3) is 0 Å². The van der Waals surface area contributed by atoms with E-state index < -0.39 is 5.60 Å². The monoisotopic (exact) mass is 522 g/mol. The Hall–Kier alpha value is -4.53. The SMILES string of the molecule is Cn1c(=O)n(C2CCN(C(=O)OC(C)(C)C)C2)c2c3nc(-c4ccc(-c5ccccc5)nc4)ccc3ncc21. The van der Waals surface area contributed by atoms with Crippen molar-refractivity contribution in [2.24, 2.45) is 7.05 Å². The molecule has 9 nitrogen and oxygen atoms in total. The molecule has 1 saturated heterocycles. The molecule has 0 radical (unpaired) electrons. The number of fused-ring (bicyclic) bond motifs is 3. The second-order valence-corrected chi connectivity index (χ2v) is 10.9. The minimum absolute atomic E-state index is 0.156. The Kier molecular flexibility index (Phi) is 5.94. The highest BCUT2D eigenvalue weighted by atomic mass is 16.6. The van der Waals surface area contributed by atoms with Crippen LogP contribution in [0.5, 0.6) is 0 Å². The van der Waals surface area contributed by atoms with Crippen molar-refractivity contribution in [3.8, 4) is 22.5 Å². The number of hydrogen-bond acceptors (Lipinski definition) is 6. The van der Waals surface area contributed by atoms with Crippen LogP contribution in [-0.2, 0) is 11.8 Å². The number of rotatable bonds is 3. The van der Waals surface area contributed by atoms with E-state index in [1.807, 2.05) is 81.6 Å². The second kappa shape index (κ2) is 9.34. The van der Waals surface area contributed by atoms with Gasteiger partial charge in [-0.3, -0.25) is 19.1 Å². The normalized spacial score (nSPS) is 15.8. The van der Waals surface area contributed by atoms with Crippen LogP contribution >= 0.6 is 0 Å². The number of aryl methyl sites for hydroxylation is 1. The van der Waals surface area contributed by atoms with Gasteiger partial charge in [0.15, 0.2) is 0 Å². The van der Waals surface area contributed by atoms with Crippen LogP contribution in [0.2, 0.25) is 0 Å². The molecular weight excluding hydrogens is 492 g/mol. The number of ether oxygens (including phenoxy) is 1. The summed E-state index contributed by atoms with van der Waals surface area (Å²) < 4.78 is 8.94. The maximum Gasteiger partial charge on any atom is 0.410 e. The van der Waals surface area contributed by atoms with Gasteiger partial charge in [-0.15, -0.1) is 0 Å². The zero-order chi connectivity index (χ0) is 27.3. The van der Waals surface area contributed by atoms with Crippen molar-refractivity contribution in [2.45, 2.75) is 38.8 Å². The first kappa shape index (κ1) is 24.8. The highest BCUT2D eigenvalue weighted by molar-refractivity contribution is 6.00. The molecule has 1 aromatic carbocycles. The molecular formula is C30H30N6O3. The molecule has 0 saturated carbocycles. The first-order chi connectivity index (χ1) is 18.7. The van der Waals surface area contributed by atoms with Crippen molar-refractivity contribution < 1.29 is 9.53 Å². The number of carbonyl (C=O) groups excluding carboxylic acids is 1. The van der Waals surface area contributed by atoms with Crippen molar-refractivity contribution in [1.29, 1.82) is 0 Å². The van der Waals surface area contributed by atoms with E-state index in [0.717, 1.165) is 28.0 Å². The molecule has 5 aromatic rings. The molecule has 1 atom stereocenters. The van der Waals surface area contributed by atoms with E-state index in [1.165, 1.54) is 0 Å². The molecule has 0 aliphatic carbocycles. The molecule has 9 heteroatoms. The van der Waals surface area contributed by atoms with Crippen LogP contribution < -0.4 is 5.69 Å².